The first kappa shape index (κ1) is 16.8. The van der Waals surface area contributed by atoms with Gasteiger partial charge in [0.25, 0.3) is 11.8 Å². The van der Waals surface area contributed by atoms with Crippen molar-refractivity contribution in [1.29, 1.82) is 0 Å². The van der Waals surface area contributed by atoms with E-state index in [0.29, 0.717) is 5.02 Å². The van der Waals surface area contributed by atoms with E-state index >= 15 is 0 Å². The summed E-state index contributed by atoms with van der Waals surface area (Å²) >= 11 is 5.73. The van der Waals surface area contributed by atoms with E-state index in [2.05, 4.69) is 0 Å². The van der Waals surface area contributed by atoms with Crippen LogP contribution in [-0.2, 0) is 6.18 Å². The fourth-order valence-corrected chi connectivity index (χ4v) is 2.00. The summed E-state index contributed by atoms with van der Waals surface area (Å²) in [6, 6.07) is 10.1. The van der Waals surface area contributed by atoms with Crippen molar-refractivity contribution in [2.45, 2.75) is 6.18 Å². The average molecular weight is 343 g/mol. The molecule has 4 nitrogen and oxygen atoms in total. The van der Waals surface area contributed by atoms with Gasteiger partial charge in [0.2, 0.25) is 0 Å². The third-order valence-corrected chi connectivity index (χ3v) is 3.09. The molecule has 2 rings (SSSR count). The topological polar surface area (TPSA) is 58.2 Å². The van der Waals surface area contributed by atoms with Crippen LogP contribution in [0.4, 0.5) is 13.2 Å². The summed E-state index contributed by atoms with van der Waals surface area (Å²) in [4.78, 5) is 23.7. The number of amides is 2. The highest BCUT2D eigenvalue weighted by Gasteiger charge is 2.34. The summed E-state index contributed by atoms with van der Waals surface area (Å²) in [5.74, 6) is -1.78. The molecule has 8 heteroatoms. The van der Waals surface area contributed by atoms with Gasteiger partial charge in [0.15, 0.2) is 0 Å². The Morgan fingerprint density at radius 3 is 2.22 bits per heavy atom. The average Bonchev–Trinajstić information content (AvgIpc) is 2.51. The van der Waals surface area contributed by atoms with Crippen molar-refractivity contribution in [1.82, 2.24) is 10.9 Å². The van der Waals surface area contributed by atoms with Crippen molar-refractivity contribution in [3.05, 3.63) is 70.2 Å². The molecule has 2 aromatic rings. The molecule has 0 saturated heterocycles. The molecule has 23 heavy (non-hydrogen) atoms. The normalized spacial score (nSPS) is 11.0. The molecule has 0 aliphatic heterocycles. The van der Waals surface area contributed by atoms with Gasteiger partial charge < -0.3 is 0 Å². The summed E-state index contributed by atoms with van der Waals surface area (Å²) in [5.41, 5.74) is 2.46. The van der Waals surface area contributed by atoms with Gasteiger partial charge in [0, 0.05) is 10.6 Å². The van der Waals surface area contributed by atoms with Gasteiger partial charge in [-0.1, -0.05) is 29.8 Å². The minimum absolute atomic E-state index is 0.155. The van der Waals surface area contributed by atoms with Gasteiger partial charge in [0.1, 0.15) is 0 Å². The van der Waals surface area contributed by atoms with Crippen LogP contribution in [0.1, 0.15) is 26.3 Å². The second kappa shape index (κ2) is 6.70. The van der Waals surface area contributed by atoms with Crippen LogP contribution in [0.3, 0.4) is 0 Å². The Labute approximate surface area is 134 Å². The Hall–Kier alpha value is -2.54. The van der Waals surface area contributed by atoms with E-state index in [1.165, 1.54) is 30.3 Å². The smallest absolute Gasteiger partial charge is 0.267 e. The zero-order valence-corrected chi connectivity index (χ0v) is 12.2. The first-order valence-electron chi connectivity index (χ1n) is 6.31. The van der Waals surface area contributed by atoms with Crippen molar-refractivity contribution in [2.75, 3.05) is 0 Å². The molecule has 0 radical (unpaired) electrons. The third-order valence-electron chi connectivity index (χ3n) is 2.85. The van der Waals surface area contributed by atoms with E-state index in [9.17, 15) is 22.8 Å². The Bertz CT molecular complexity index is 747. The number of hydrogen-bond acceptors (Lipinski definition) is 2. The number of hydrazine groups is 1. The van der Waals surface area contributed by atoms with Crippen LogP contribution < -0.4 is 10.9 Å². The lowest BCUT2D eigenvalue weighted by Gasteiger charge is -2.13. The number of halogens is 4. The van der Waals surface area contributed by atoms with E-state index in [0.717, 1.165) is 12.1 Å². The molecule has 2 N–H and O–H groups in total. The van der Waals surface area contributed by atoms with Crippen molar-refractivity contribution in [3.63, 3.8) is 0 Å². The van der Waals surface area contributed by atoms with Crippen molar-refractivity contribution >= 4 is 23.4 Å². The minimum Gasteiger partial charge on any atom is -0.267 e. The molecule has 0 aromatic heterocycles. The van der Waals surface area contributed by atoms with Crippen LogP contribution in [0.2, 0.25) is 5.02 Å². The number of carbonyl (C=O) groups excluding carboxylic acids is 2. The van der Waals surface area contributed by atoms with Crippen LogP contribution >= 0.6 is 11.6 Å². The molecule has 0 bridgehead atoms. The molecule has 0 aliphatic rings. The number of alkyl halides is 3. The van der Waals surface area contributed by atoms with Crippen molar-refractivity contribution < 1.29 is 22.8 Å². The fourth-order valence-electron chi connectivity index (χ4n) is 1.81. The molecule has 2 aromatic carbocycles. The molecule has 0 unspecified atom stereocenters. The quantitative estimate of drug-likeness (QED) is 0.821. The standard InChI is InChI=1S/C15H10ClF3N2O2/c16-10-5-3-4-9(8-10)13(22)20-21-14(23)11-6-1-2-7-12(11)15(17,18)19/h1-8H,(H,20,22)(H,21,23). The van der Waals surface area contributed by atoms with Gasteiger partial charge in [-0.2, -0.15) is 13.2 Å². The molecule has 0 saturated carbocycles. The molecule has 0 fully saturated rings. The van der Waals surface area contributed by atoms with Crippen molar-refractivity contribution in [3.8, 4) is 0 Å². The molecule has 0 spiro atoms. The molecular formula is C15H10ClF3N2O2. The zero-order chi connectivity index (χ0) is 17.0. The van der Waals surface area contributed by atoms with Crippen LogP contribution in [0.15, 0.2) is 48.5 Å². The molecule has 0 atom stereocenters. The summed E-state index contributed by atoms with van der Waals surface area (Å²) in [6.07, 6.45) is -4.68. The molecule has 2 amide bonds. The van der Waals surface area contributed by atoms with Gasteiger partial charge in [-0.25, -0.2) is 0 Å². The maximum Gasteiger partial charge on any atom is 0.417 e. The van der Waals surface area contributed by atoms with Gasteiger partial charge in [0.05, 0.1) is 11.1 Å². The largest absolute Gasteiger partial charge is 0.417 e. The Morgan fingerprint density at radius 1 is 0.913 bits per heavy atom. The Balaban J connectivity index is 2.10. The number of benzene rings is 2. The lowest BCUT2D eigenvalue weighted by Crippen LogP contribution is -2.42. The molecule has 120 valence electrons. The van der Waals surface area contributed by atoms with Crippen LogP contribution in [0.5, 0.6) is 0 Å². The maximum atomic E-state index is 12.8. The fraction of sp³-hybridized carbons (Fsp3) is 0.0667. The first-order valence-corrected chi connectivity index (χ1v) is 6.69. The second-order valence-electron chi connectivity index (χ2n) is 4.46. The summed E-state index contributed by atoms with van der Waals surface area (Å²) < 4.78 is 38.5. The highest BCUT2D eigenvalue weighted by Crippen LogP contribution is 2.31. The molecule has 0 heterocycles. The third kappa shape index (κ3) is 4.23. The van der Waals surface area contributed by atoms with E-state index in [4.69, 9.17) is 11.6 Å². The predicted molar refractivity (Wildman–Crippen MR) is 77.8 cm³/mol. The summed E-state index contributed by atoms with van der Waals surface area (Å²) in [5, 5.41) is 0.311. The molecular weight excluding hydrogens is 333 g/mol. The zero-order valence-electron chi connectivity index (χ0n) is 11.4. The lowest BCUT2D eigenvalue weighted by molar-refractivity contribution is -0.137. The highest BCUT2D eigenvalue weighted by atomic mass is 35.5. The predicted octanol–water partition coefficient (Wildman–Crippen LogP) is 3.43. The lowest BCUT2D eigenvalue weighted by atomic mass is 10.1. The number of nitrogens with one attached hydrogen (secondary N) is 2. The van der Waals surface area contributed by atoms with Crippen LogP contribution in [0.25, 0.3) is 0 Å². The van der Waals surface area contributed by atoms with E-state index in [1.807, 2.05) is 10.9 Å². The van der Waals surface area contributed by atoms with Gasteiger partial charge >= 0.3 is 6.18 Å². The monoisotopic (exact) mass is 342 g/mol. The SMILES string of the molecule is O=C(NNC(=O)c1ccccc1C(F)(F)F)c1cccc(Cl)c1. The van der Waals surface area contributed by atoms with E-state index in [-0.39, 0.29) is 5.56 Å². The van der Waals surface area contributed by atoms with Crippen molar-refractivity contribution in [2.24, 2.45) is 0 Å². The molecule has 0 aliphatic carbocycles. The minimum atomic E-state index is -4.68. The summed E-state index contributed by atoms with van der Waals surface area (Å²) in [7, 11) is 0. The van der Waals surface area contributed by atoms with E-state index in [1.54, 1.807) is 6.07 Å². The van der Waals surface area contributed by atoms with E-state index < -0.39 is 29.1 Å². The summed E-state index contributed by atoms with van der Waals surface area (Å²) in [6.45, 7) is 0. The maximum absolute atomic E-state index is 12.8. The Morgan fingerprint density at radius 2 is 1.57 bits per heavy atom. The number of rotatable bonds is 2. The van der Waals surface area contributed by atoms with Gasteiger partial charge in [-0.15, -0.1) is 0 Å². The van der Waals surface area contributed by atoms with Gasteiger partial charge in [-0.3, -0.25) is 20.4 Å². The number of carbonyl (C=O) groups is 2. The van der Waals surface area contributed by atoms with Gasteiger partial charge in [-0.05, 0) is 30.3 Å². The van der Waals surface area contributed by atoms with Crippen LogP contribution in [-0.4, -0.2) is 11.8 Å². The first-order chi connectivity index (χ1) is 10.8. The number of hydrogen-bond donors (Lipinski definition) is 2. The van der Waals surface area contributed by atoms with Crippen LogP contribution in [0, 0.1) is 0 Å². The second-order valence-corrected chi connectivity index (χ2v) is 4.90. The highest BCUT2D eigenvalue weighted by molar-refractivity contribution is 6.30. The Kier molecular flexibility index (Phi) is 4.90.